The lowest BCUT2D eigenvalue weighted by Gasteiger charge is -2.35. The van der Waals surface area contributed by atoms with E-state index in [2.05, 4.69) is 9.88 Å². The Hall–Kier alpha value is -4.47. The lowest BCUT2D eigenvalue weighted by molar-refractivity contribution is -0.134. The van der Waals surface area contributed by atoms with Crippen LogP contribution in [0.3, 0.4) is 0 Å². The standard InChI is InChI=1S/C29H30FN5O4/c1-20(36)32(2)28-19-35(29(38)39-28)23-9-10-24(25(30)17-23)22-8-11-26(31-18-22)33-12-14-34(15-13-33)27(37)16-21-6-4-3-5-7-21/h3-11,17-18,28H,12-16,19H2,1-2H3/t28-/m0/s1. The maximum absolute atomic E-state index is 15.1. The first-order valence-corrected chi connectivity index (χ1v) is 12.8. The summed E-state index contributed by atoms with van der Waals surface area (Å²) in [6.45, 7) is 4.08. The zero-order valence-electron chi connectivity index (χ0n) is 21.9. The molecule has 2 saturated heterocycles. The summed E-state index contributed by atoms with van der Waals surface area (Å²) >= 11 is 0. The second-order valence-electron chi connectivity index (χ2n) is 9.68. The monoisotopic (exact) mass is 531 g/mol. The average molecular weight is 532 g/mol. The van der Waals surface area contributed by atoms with Crippen LogP contribution in [0.15, 0.2) is 66.9 Å². The minimum Gasteiger partial charge on any atom is -0.423 e. The molecule has 0 bridgehead atoms. The summed E-state index contributed by atoms with van der Waals surface area (Å²) in [5.41, 5.74) is 2.33. The van der Waals surface area contributed by atoms with Gasteiger partial charge in [0.15, 0.2) is 6.23 Å². The lowest BCUT2D eigenvalue weighted by Crippen LogP contribution is -2.49. The minimum absolute atomic E-state index is 0.117. The fourth-order valence-corrected chi connectivity index (χ4v) is 4.77. The Morgan fingerprint density at radius 2 is 1.79 bits per heavy atom. The first-order chi connectivity index (χ1) is 18.8. The molecule has 2 aliphatic rings. The van der Waals surface area contributed by atoms with Crippen molar-refractivity contribution in [3.63, 3.8) is 0 Å². The van der Waals surface area contributed by atoms with Gasteiger partial charge in [0, 0.05) is 57.5 Å². The summed E-state index contributed by atoms with van der Waals surface area (Å²) in [4.78, 5) is 47.7. The number of aromatic nitrogens is 1. The van der Waals surface area contributed by atoms with E-state index >= 15 is 4.39 Å². The molecular formula is C29H30FN5O4. The smallest absolute Gasteiger partial charge is 0.416 e. The maximum Gasteiger partial charge on any atom is 0.416 e. The Morgan fingerprint density at radius 3 is 2.44 bits per heavy atom. The molecule has 5 rings (SSSR count). The molecule has 2 fully saturated rings. The van der Waals surface area contributed by atoms with E-state index in [0.29, 0.717) is 49.4 Å². The van der Waals surface area contributed by atoms with Crippen molar-refractivity contribution < 1.29 is 23.5 Å². The summed E-state index contributed by atoms with van der Waals surface area (Å²) in [6.07, 6.45) is 0.668. The summed E-state index contributed by atoms with van der Waals surface area (Å²) in [5.74, 6) is 0.160. The second-order valence-corrected chi connectivity index (χ2v) is 9.68. The molecule has 1 atom stereocenters. The van der Waals surface area contributed by atoms with Crippen molar-refractivity contribution in [3.8, 4) is 11.1 Å². The molecule has 1 aromatic heterocycles. The van der Waals surface area contributed by atoms with Gasteiger partial charge in [-0.05, 0) is 35.9 Å². The van der Waals surface area contributed by atoms with E-state index in [1.54, 1.807) is 25.4 Å². The maximum atomic E-state index is 15.1. The van der Waals surface area contributed by atoms with Crippen molar-refractivity contribution in [2.24, 2.45) is 0 Å². The van der Waals surface area contributed by atoms with Crippen molar-refractivity contribution in [2.45, 2.75) is 19.6 Å². The van der Waals surface area contributed by atoms with Crippen LogP contribution in [0, 0.1) is 5.82 Å². The molecule has 9 nitrogen and oxygen atoms in total. The van der Waals surface area contributed by atoms with Crippen LogP contribution in [0.4, 0.5) is 20.7 Å². The Kier molecular flexibility index (Phi) is 7.44. The van der Waals surface area contributed by atoms with Gasteiger partial charge in [-0.2, -0.15) is 0 Å². The van der Waals surface area contributed by atoms with Gasteiger partial charge < -0.3 is 19.4 Å². The van der Waals surface area contributed by atoms with Crippen molar-refractivity contribution >= 4 is 29.4 Å². The molecule has 3 heterocycles. The average Bonchev–Trinajstić information content (AvgIpc) is 3.34. The minimum atomic E-state index is -0.724. The van der Waals surface area contributed by atoms with Gasteiger partial charge in [0.05, 0.1) is 18.7 Å². The van der Waals surface area contributed by atoms with Crippen LogP contribution in [-0.4, -0.2) is 78.7 Å². The number of likely N-dealkylation sites (N-methyl/N-ethyl adjacent to an activating group) is 1. The Labute approximate surface area is 226 Å². The molecule has 0 spiro atoms. The lowest BCUT2D eigenvalue weighted by atomic mass is 10.1. The largest absolute Gasteiger partial charge is 0.423 e. The molecular weight excluding hydrogens is 501 g/mol. The van der Waals surface area contributed by atoms with Gasteiger partial charge in [-0.15, -0.1) is 0 Å². The quantitative estimate of drug-likeness (QED) is 0.484. The SMILES string of the molecule is CC(=O)N(C)[C@@H]1CN(c2ccc(-c3ccc(N4CCN(C(=O)Cc5ccccc5)CC4)nc3)c(F)c2)C(=O)O1. The molecule has 0 N–H and O–H groups in total. The number of carbonyl (C=O) groups is 3. The topological polar surface area (TPSA) is 86.3 Å². The number of amides is 3. The zero-order valence-corrected chi connectivity index (χ0v) is 21.9. The third kappa shape index (κ3) is 5.69. The molecule has 3 amide bonds. The van der Waals surface area contributed by atoms with Crippen molar-refractivity contribution in [3.05, 3.63) is 78.2 Å². The highest BCUT2D eigenvalue weighted by Gasteiger charge is 2.36. The highest BCUT2D eigenvalue weighted by atomic mass is 19.1. The van der Waals surface area contributed by atoms with E-state index in [1.165, 1.54) is 22.8 Å². The van der Waals surface area contributed by atoms with Gasteiger partial charge in [-0.25, -0.2) is 14.2 Å². The van der Waals surface area contributed by atoms with Crippen LogP contribution in [0.25, 0.3) is 11.1 Å². The number of hydrogen-bond donors (Lipinski definition) is 0. The first kappa shape index (κ1) is 26.1. The number of rotatable bonds is 6. The molecule has 0 saturated carbocycles. The number of piperazine rings is 1. The van der Waals surface area contributed by atoms with Gasteiger partial charge in [-0.3, -0.25) is 14.5 Å². The summed E-state index contributed by atoms with van der Waals surface area (Å²) in [5, 5.41) is 0. The highest BCUT2D eigenvalue weighted by molar-refractivity contribution is 5.90. The number of carbonyl (C=O) groups excluding carboxylic acids is 3. The van der Waals surface area contributed by atoms with Gasteiger partial charge in [0.1, 0.15) is 11.6 Å². The molecule has 0 unspecified atom stereocenters. The van der Waals surface area contributed by atoms with E-state index in [0.717, 1.165) is 11.4 Å². The van der Waals surface area contributed by atoms with Gasteiger partial charge in [0.2, 0.25) is 11.8 Å². The zero-order chi connectivity index (χ0) is 27.5. The van der Waals surface area contributed by atoms with Crippen molar-refractivity contribution in [2.75, 3.05) is 49.6 Å². The Balaban J connectivity index is 1.20. The molecule has 0 radical (unpaired) electrons. The first-order valence-electron chi connectivity index (χ1n) is 12.8. The number of benzene rings is 2. The number of nitrogens with zero attached hydrogens (tertiary/aromatic N) is 5. The molecule has 39 heavy (non-hydrogen) atoms. The molecule has 3 aromatic rings. The van der Waals surface area contributed by atoms with Gasteiger partial charge in [-0.1, -0.05) is 30.3 Å². The molecule has 0 aliphatic carbocycles. The summed E-state index contributed by atoms with van der Waals surface area (Å²) in [7, 11) is 1.55. The normalized spacial score (nSPS) is 17.3. The number of ether oxygens (including phenoxy) is 1. The van der Waals surface area contributed by atoms with E-state index in [4.69, 9.17) is 4.74 Å². The van der Waals surface area contributed by atoms with Crippen molar-refractivity contribution in [1.29, 1.82) is 0 Å². The van der Waals surface area contributed by atoms with Crippen LogP contribution < -0.4 is 9.80 Å². The number of hydrogen-bond acceptors (Lipinski definition) is 6. The predicted octanol–water partition coefficient (Wildman–Crippen LogP) is 3.54. The second kappa shape index (κ2) is 11.1. The van der Waals surface area contributed by atoms with Gasteiger partial charge in [0.25, 0.3) is 0 Å². The number of anilines is 2. The highest BCUT2D eigenvalue weighted by Crippen LogP contribution is 2.30. The molecule has 202 valence electrons. The van der Waals surface area contributed by atoms with Gasteiger partial charge >= 0.3 is 6.09 Å². The van der Waals surface area contributed by atoms with Crippen LogP contribution in [0.1, 0.15) is 12.5 Å². The van der Waals surface area contributed by atoms with E-state index in [9.17, 15) is 14.4 Å². The molecule has 2 aliphatic heterocycles. The van der Waals surface area contributed by atoms with Crippen LogP contribution in [0.5, 0.6) is 0 Å². The fraction of sp³-hybridized carbons (Fsp3) is 0.310. The Bertz CT molecular complexity index is 1360. The van der Waals surface area contributed by atoms with Crippen LogP contribution >= 0.6 is 0 Å². The molecule has 2 aromatic carbocycles. The number of halogens is 1. The van der Waals surface area contributed by atoms with Crippen LogP contribution in [0.2, 0.25) is 0 Å². The van der Waals surface area contributed by atoms with E-state index in [1.807, 2.05) is 47.4 Å². The third-order valence-corrected chi connectivity index (χ3v) is 7.20. The predicted molar refractivity (Wildman–Crippen MR) is 145 cm³/mol. The third-order valence-electron chi connectivity index (χ3n) is 7.20. The summed E-state index contributed by atoms with van der Waals surface area (Å²) in [6, 6.07) is 17.9. The van der Waals surface area contributed by atoms with Crippen LogP contribution in [-0.2, 0) is 20.7 Å². The number of cyclic esters (lactones) is 1. The number of pyridine rings is 1. The molecule has 10 heteroatoms. The van der Waals surface area contributed by atoms with E-state index < -0.39 is 18.1 Å². The van der Waals surface area contributed by atoms with Crippen molar-refractivity contribution in [1.82, 2.24) is 14.8 Å². The fourth-order valence-electron chi connectivity index (χ4n) is 4.77. The Morgan fingerprint density at radius 1 is 1.05 bits per heavy atom. The van der Waals surface area contributed by atoms with E-state index in [-0.39, 0.29) is 18.4 Å². The summed E-state index contributed by atoms with van der Waals surface area (Å²) < 4.78 is 20.4.